The van der Waals surface area contributed by atoms with Crippen molar-refractivity contribution in [3.8, 4) is 11.1 Å². The van der Waals surface area contributed by atoms with Crippen molar-refractivity contribution in [1.82, 2.24) is 14.8 Å². The van der Waals surface area contributed by atoms with Gasteiger partial charge in [-0.3, -0.25) is 4.79 Å². The summed E-state index contributed by atoms with van der Waals surface area (Å²) in [5.41, 5.74) is 1.61. The second kappa shape index (κ2) is 9.43. The van der Waals surface area contributed by atoms with E-state index in [1.54, 1.807) is 11.4 Å². The molecule has 3 rings (SSSR count). The van der Waals surface area contributed by atoms with E-state index in [1.165, 1.54) is 30.2 Å². The molecule has 0 bridgehead atoms. The van der Waals surface area contributed by atoms with Gasteiger partial charge in [-0.1, -0.05) is 41.6 Å². The first-order valence-electron chi connectivity index (χ1n) is 8.73. The van der Waals surface area contributed by atoms with Gasteiger partial charge in [0.15, 0.2) is 5.16 Å². The van der Waals surface area contributed by atoms with Crippen LogP contribution in [0.4, 0.5) is 5.00 Å². The Bertz CT molecular complexity index is 1050. The Hall–Kier alpha value is -2.36. The predicted molar refractivity (Wildman–Crippen MR) is 116 cm³/mol. The molecule has 0 aliphatic carbocycles. The van der Waals surface area contributed by atoms with Crippen molar-refractivity contribution < 1.29 is 14.3 Å². The number of thiophene rings is 1. The Kier molecular flexibility index (Phi) is 6.94. The molecule has 0 saturated carbocycles. The van der Waals surface area contributed by atoms with Gasteiger partial charge in [0.1, 0.15) is 16.4 Å². The maximum absolute atomic E-state index is 12.5. The lowest BCUT2D eigenvalue weighted by Gasteiger charge is -2.09. The van der Waals surface area contributed by atoms with E-state index in [0.29, 0.717) is 26.3 Å². The van der Waals surface area contributed by atoms with Crippen LogP contribution < -0.4 is 5.32 Å². The number of aromatic nitrogens is 3. The number of hydrogen-bond acceptors (Lipinski definition) is 7. The summed E-state index contributed by atoms with van der Waals surface area (Å²) in [6.07, 6.45) is 0. The third-order valence-corrected chi connectivity index (χ3v) is 6.34. The Balaban J connectivity index is 1.81. The highest BCUT2D eigenvalue weighted by molar-refractivity contribution is 7.99. The van der Waals surface area contributed by atoms with Gasteiger partial charge in [-0.25, -0.2) is 4.79 Å². The summed E-state index contributed by atoms with van der Waals surface area (Å²) in [5, 5.41) is 14.3. The van der Waals surface area contributed by atoms with Crippen molar-refractivity contribution in [2.24, 2.45) is 0 Å². The van der Waals surface area contributed by atoms with Gasteiger partial charge in [0.05, 0.1) is 12.9 Å². The molecule has 2 aromatic heterocycles. The third kappa shape index (κ3) is 4.63. The minimum absolute atomic E-state index is 0.137. The molecule has 1 N–H and O–H groups in total. The second-order valence-electron chi connectivity index (χ2n) is 5.94. The maximum Gasteiger partial charge on any atom is 0.341 e. The third-order valence-electron chi connectivity index (χ3n) is 4.15. The van der Waals surface area contributed by atoms with Crippen LogP contribution in [0.25, 0.3) is 11.1 Å². The summed E-state index contributed by atoms with van der Waals surface area (Å²) in [7, 11) is 1.30. The van der Waals surface area contributed by atoms with Crippen molar-refractivity contribution >= 4 is 51.6 Å². The zero-order chi connectivity index (χ0) is 21.0. The topological polar surface area (TPSA) is 86.1 Å². The number of halogens is 1. The first-order chi connectivity index (χ1) is 14.0. The summed E-state index contributed by atoms with van der Waals surface area (Å²) in [6.45, 7) is 4.58. The quantitative estimate of drug-likeness (QED) is 0.421. The Labute approximate surface area is 181 Å². The van der Waals surface area contributed by atoms with Crippen LogP contribution in [0.15, 0.2) is 34.8 Å². The van der Waals surface area contributed by atoms with E-state index in [4.69, 9.17) is 16.3 Å². The molecule has 1 amide bonds. The Morgan fingerprint density at radius 2 is 2.03 bits per heavy atom. The number of aryl methyl sites for hydroxylation is 1. The summed E-state index contributed by atoms with van der Waals surface area (Å²) in [5.74, 6) is 0.144. The van der Waals surface area contributed by atoms with Crippen LogP contribution in [0.2, 0.25) is 5.02 Å². The van der Waals surface area contributed by atoms with Gasteiger partial charge in [0.25, 0.3) is 0 Å². The average Bonchev–Trinajstić information content (AvgIpc) is 3.29. The highest BCUT2D eigenvalue weighted by Crippen LogP contribution is 2.39. The molecule has 0 unspecified atom stereocenters. The molecule has 0 aliphatic heterocycles. The lowest BCUT2D eigenvalue weighted by atomic mass is 10.0. The first kappa shape index (κ1) is 21.4. The van der Waals surface area contributed by atoms with E-state index in [9.17, 15) is 9.59 Å². The minimum atomic E-state index is -0.537. The van der Waals surface area contributed by atoms with Crippen molar-refractivity contribution in [3.05, 3.63) is 46.1 Å². The van der Waals surface area contributed by atoms with Crippen LogP contribution in [0.3, 0.4) is 0 Å². The SMILES string of the molecule is CCn1c(C)nnc1SCC(=O)Nc1scc(-c2ccccc2Cl)c1C(=O)OC. The average molecular weight is 451 g/mol. The van der Waals surface area contributed by atoms with Crippen LogP contribution in [-0.4, -0.2) is 39.5 Å². The number of carbonyl (C=O) groups excluding carboxylic acids is 2. The molecular weight excluding hydrogens is 432 g/mol. The van der Waals surface area contributed by atoms with E-state index in [0.717, 1.165) is 12.4 Å². The summed E-state index contributed by atoms with van der Waals surface area (Å²) in [6, 6.07) is 7.21. The lowest BCUT2D eigenvalue weighted by molar-refractivity contribution is -0.113. The number of amides is 1. The number of ether oxygens (including phenoxy) is 1. The molecule has 1 aromatic carbocycles. The molecule has 152 valence electrons. The van der Waals surface area contributed by atoms with Crippen LogP contribution in [0, 0.1) is 6.92 Å². The van der Waals surface area contributed by atoms with Crippen molar-refractivity contribution in [2.45, 2.75) is 25.5 Å². The monoisotopic (exact) mass is 450 g/mol. The number of nitrogens with one attached hydrogen (secondary N) is 1. The van der Waals surface area contributed by atoms with Crippen LogP contribution in [-0.2, 0) is 16.1 Å². The summed E-state index contributed by atoms with van der Waals surface area (Å²) < 4.78 is 6.86. The van der Waals surface area contributed by atoms with Gasteiger partial charge < -0.3 is 14.6 Å². The van der Waals surface area contributed by atoms with E-state index >= 15 is 0 Å². The maximum atomic E-state index is 12.5. The first-order valence-corrected chi connectivity index (χ1v) is 11.0. The van der Waals surface area contributed by atoms with E-state index in [1.807, 2.05) is 36.6 Å². The van der Waals surface area contributed by atoms with E-state index in [2.05, 4.69) is 15.5 Å². The normalized spacial score (nSPS) is 10.8. The summed E-state index contributed by atoms with van der Waals surface area (Å²) >= 11 is 8.83. The fraction of sp³-hybridized carbons (Fsp3) is 0.263. The molecular formula is C19H19ClN4O3S2. The molecule has 7 nitrogen and oxygen atoms in total. The van der Waals surface area contributed by atoms with Crippen LogP contribution in [0.5, 0.6) is 0 Å². The standard InChI is InChI=1S/C19H19ClN4O3S2/c1-4-24-11(2)22-23-19(24)29-10-15(25)21-17-16(18(26)27-3)13(9-28-17)12-7-5-6-8-14(12)20/h5-9H,4,10H2,1-3H3,(H,21,25). The van der Waals surface area contributed by atoms with Crippen LogP contribution in [0.1, 0.15) is 23.1 Å². The molecule has 3 aromatic rings. The van der Waals surface area contributed by atoms with Gasteiger partial charge >= 0.3 is 5.97 Å². The Morgan fingerprint density at radius 3 is 2.72 bits per heavy atom. The number of esters is 1. The fourth-order valence-electron chi connectivity index (χ4n) is 2.76. The lowest BCUT2D eigenvalue weighted by Crippen LogP contribution is -2.16. The number of carbonyl (C=O) groups is 2. The molecule has 0 spiro atoms. The van der Waals surface area contributed by atoms with Gasteiger partial charge in [-0.2, -0.15) is 0 Å². The fourth-order valence-corrected chi connectivity index (χ4v) is 4.81. The number of nitrogens with zero attached hydrogens (tertiary/aromatic N) is 3. The Morgan fingerprint density at radius 1 is 1.28 bits per heavy atom. The number of thioether (sulfide) groups is 1. The van der Waals surface area contributed by atoms with E-state index in [-0.39, 0.29) is 17.2 Å². The van der Waals surface area contributed by atoms with E-state index < -0.39 is 5.97 Å². The number of rotatable bonds is 7. The predicted octanol–water partition coefficient (Wildman–Crippen LogP) is 4.51. The zero-order valence-corrected chi connectivity index (χ0v) is 18.5. The highest BCUT2D eigenvalue weighted by Gasteiger charge is 2.23. The molecule has 0 aliphatic rings. The van der Waals surface area contributed by atoms with Crippen molar-refractivity contribution in [1.29, 1.82) is 0 Å². The summed E-state index contributed by atoms with van der Waals surface area (Å²) in [4.78, 5) is 24.9. The van der Waals surface area contributed by atoms with Gasteiger partial charge in [0.2, 0.25) is 5.91 Å². The molecule has 0 fully saturated rings. The number of methoxy groups -OCH3 is 1. The molecule has 10 heteroatoms. The molecule has 0 atom stereocenters. The number of anilines is 1. The van der Waals surface area contributed by atoms with Gasteiger partial charge in [0, 0.05) is 28.1 Å². The molecule has 29 heavy (non-hydrogen) atoms. The molecule has 0 saturated heterocycles. The second-order valence-corrected chi connectivity index (χ2v) is 8.17. The van der Waals surface area contributed by atoms with Gasteiger partial charge in [-0.15, -0.1) is 21.5 Å². The smallest absolute Gasteiger partial charge is 0.341 e. The molecule has 2 heterocycles. The van der Waals surface area contributed by atoms with Gasteiger partial charge in [-0.05, 0) is 19.9 Å². The number of hydrogen-bond donors (Lipinski definition) is 1. The van der Waals surface area contributed by atoms with Crippen molar-refractivity contribution in [3.63, 3.8) is 0 Å². The highest BCUT2D eigenvalue weighted by atomic mass is 35.5. The zero-order valence-electron chi connectivity index (χ0n) is 16.1. The number of benzene rings is 1. The molecule has 0 radical (unpaired) electrons. The van der Waals surface area contributed by atoms with Crippen LogP contribution >= 0.6 is 34.7 Å². The largest absolute Gasteiger partial charge is 0.465 e. The van der Waals surface area contributed by atoms with Crippen molar-refractivity contribution in [2.75, 3.05) is 18.2 Å². The minimum Gasteiger partial charge on any atom is -0.465 e.